The fourth-order valence-corrected chi connectivity index (χ4v) is 10.3. The van der Waals surface area contributed by atoms with E-state index in [0.717, 1.165) is 109 Å². The number of hydrogen-bond acceptors (Lipinski definition) is 5. The minimum Gasteiger partial charge on any atom is -1.00 e. The standard InChI is InChI=1S/C48H46NO4S.BrH/c50-47(35-15-5-1-6-16-35,36-17-7-2-8-18-36)41-23-25-43-45-39(41)33-49(27-31-54-32-28-49)34-40-42(24-26-44(46(40)45)53-30-14-13-29-52-43)48(51,37-19-9-3-10-20-37)38-21-11-4-12-22-38;/h1-12,15-26,50-51H,13-14,27-34H2;1H/q+1;/p-1. The second-order valence-electron chi connectivity index (χ2n) is 14.9. The van der Waals surface area contributed by atoms with Crippen molar-refractivity contribution >= 4 is 11.8 Å². The normalized spacial score (nSPS) is 16.4. The molecule has 1 fully saturated rings. The van der Waals surface area contributed by atoms with E-state index in [2.05, 4.69) is 24.3 Å². The molecule has 6 aromatic carbocycles. The second-order valence-corrected chi connectivity index (χ2v) is 16.2. The summed E-state index contributed by atoms with van der Waals surface area (Å²) in [5, 5.41) is 26.9. The molecule has 55 heavy (non-hydrogen) atoms. The minimum absolute atomic E-state index is 0. The van der Waals surface area contributed by atoms with Crippen molar-refractivity contribution in [2.45, 2.75) is 37.1 Å². The molecular formula is C48H46BrNO4S. The summed E-state index contributed by atoms with van der Waals surface area (Å²) in [7, 11) is 0. The van der Waals surface area contributed by atoms with E-state index in [0.29, 0.717) is 26.3 Å². The van der Waals surface area contributed by atoms with Crippen LogP contribution in [0.25, 0.3) is 11.1 Å². The number of ether oxygens (including phenoxy) is 2. The summed E-state index contributed by atoms with van der Waals surface area (Å²) < 4.78 is 14.4. The fourth-order valence-electron chi connectivity index (χ4n) is 9.06. The van der Waals surface area contributed by atoms with E-state index in [4.69, 9.17) is 9.47 Å². The molecule has 280 valence electrons. The Hall–Kier alpha value is -4.37. The molecule has 0 bridgehead atoms. The molecule has 0 aliphatic carbocycles. The molecular weight excluding hydrogens is 767 g/mol. The Bertz CT molecular complexity index is 2010. The van der Waals surface area contributed by atoms with Gasteiger partial charge >= 0.3 is 0 Å². The first-order valence-electron chi connectivity index (χ1n) is 19.2. The molecule has 6 aromatic rings. The van der Waals surface area contributed by atoms with Crippen molar-refractivity contribution in [3.63, 3.8) is 0 Å². The summed E-state index contributed by atoms with van der Waals surface area (Å²) in [6.07, 6.45) is 1.74. The lowest BCUT2D eigenvalue weighted by Crippen LogP contribution is -3.00. The van der Waals surface area contributed by atoms with Crippen LogP contribution in [0.2, 0.25) is 0 Å². The van der Waals surface area contributed by atoms with Crippen molar-refractivity contribution in [1.82, 2.24) is 0 Å². The SMILES string of the molecule is OC(c1ccccc1)(c1ccccc1)c1ccc2c3c1C[N+]1(CCSCC1)Cc1c(C(O)(c4ccccc4)c4ccccc4)ccc(c1-3)OCCCCO2.[Br-]. The number of halogens is 1. The number of benzene rings is 6. The first-order chi connectivity index (χ1) is 26.5. The first kappa shape index (κ1) is 37.5. The lowest BCUT2D eigenvalue weighted by atomic mass is 9.74. The fraction of sp³-hybridized carbons (Fsp3) is 0.250. The topological polar surface area (TPSA) is 58.9 Å². The molecule has 0 aromatic heterocycles. The molecule has 1 saturated heterocycles. The van der Waals surface area contributed by atoms with E-state index >= 15 is 0 Å². The number of thioether (sulfide) groups is 1. The van der Waals surface area contributed by atoms with Gasteiger partial charge in [-0.25, -0.2) is 0 Å². The molecule has 7 heteroatoms. The summed E-state index contributed by atoms with van der Waals surface area (Å²) in [5.41, 5.74) is 6.10. The zero-order valence-electron chi connectivity index (χ0n) is 30.9. The van der Waals surface area contributed by atoms with Crippen molar-refractivity contribution in [3.05, 3.63) is 190 Å². The monoisotopic (exact) mass is 811 g/mol. The Morgan fingerprint density at radius 2 is 0.818 bits per heavy atom. The minimum atomic E-state index is -1.45. The largest absolute Gasteiger partial charge is 1.00 e. The molecule has 3 aliphatic rings. The van der Waals surface area contributed by atoms with Gasteiger partial charge in [0.25, 0.3) is 0 Å². The molecule has 0 radical (unpaired) electrons. The van der Waals surface area contributed by atoms with Gasteiger partial charge in [-0.2, -0.15) is 11.8 Å². The highest BCUT2D eigenvalue weighted by molar-refractivity contribution is 7.99. The zero-order chi connectivity index (χ0) is 36.6. The lowest BCUT2D eigenvalue weighted by molar-refractivity contribution is -0.950. The van der Waals surface area contributed by atoms with Crippen LogP contribution in [0.1, 0.15) is 57.3 Å². The third-order valence-electron chi connectivity index (χ3n) is 11.8. The van der Waals surface area contributed by atoms with Gasteiger partial charge in [0.2, 0.25) is 0 Å². The number of nitrogens with zero attached hydrogens (tertiary/aromatic N) is 1. The number of quaternary nitrogens is 1. The van der Waals surface area contributed by atoms with E-state index in [1.165, 1.54) is 0 Å². The van der Waals surface area contributed by atoms with Crippen LogP contribution in [0, 0.1) is 0 Å². The average Bonchev–Trinajstić information content (AvgIpc) is 3.38. The van der Waals surface area contributed by atoms with Gasteiger partial charge in [0.05, 0.1) is 26.3 Å². The van der Waals surface area contributed by atoms with Gasteiger partial charge in [0.1, 0.15) is 35.8 Å². The van der Waals surface area contributed by atoms with Gasteiger partial charge in [-0.3, -0.25) is 0 Å². The number of rotatable bonds is 6. The highest BCUT2D eigenvalue weighted by Gasteiger charge is 2.47. The first-order valence-corrected chi connectivity index (χ1v) is 20.4. The molecule has 3 aliphatic heterocycles. The van der Waals surface area contributed by atoms with Crippen molar-refractivity contribution < 1.29 is 41.2 Å². The Morgan fingerprint density at radius 1 is 0.473 bits per heavy atom. The van der Waals surface area contributed by atoms with E-state index in [1.54, 1.807) is 0 Å². The summed E-state index contributed by atoms with van der Waals surface area (Å²) in [5.74, 6) is 3.64. The van der Waals surface area contributed by atoms with Crippen LogP contribution in [0.4, 0.5) is 0 Å². The zero-order valence-corrected chi connectivity index (χ0v) is 33.3. The predicted molar refractivity (Wildman–Crippen MR) is 217 cm³/mol. The van der Waals surface area contributed by atoms with Gasteiger partial charge in [0.15, 0.2) is 0 Å². The van der Waals surface area contributed by atoms with Crippen LogP contribution in [0.15, 0.2) is 146 Å². The molecule has 0 amide bonds. The van der Waals surface area contributed by atoms with Gasteiger partial charge in [-0.05, 0) is 47.2 Å². The number of hydrogen-bond donors (Lipinski definition) is 2. The van der Waals surface area contributed by atoms with Gasteiger partial charge in [-0.15, -0.1) is 0 Å². The van der Waals surface area contributed by atoms with E-state index in [-0.39, 0.29) is 17.0 Å². The van der Waals surface area contributed by atoms with Gasteiger partial charge in [-0.1, -0.05) is 133 Å². The van der Waals surface area contributed by atoms with E-state index < -0.39 is 11.2 Å². The summed E-state index contributed by atoms with van der Waals surface area (Å²) >= 11 is 2.01. The molecule has 0 saturated carbocycles. The van der Waals surface area contributed by atoms with Crippen LogP contribution in [-0.2, 0) is 24.3 Å². The van der Waals surface area contributed by atoms with Gasteiger partial charge < -0.3 is 41.2 Å². The van der Waals surface area contributed by atoms with Crippen LogP contribution in [0.3, 0.4) is 0 Å². The number of aliphatic hydroxyl groups is 2. The summed E-state index contributed by atoms with van der Waals surface area (Å²) in [6, 6.07) is 48.6. The van der Waals surface area contributed by atoms with Crippen LogP contribution in [0.5, 0.6) is 11.5 Å². The van der Waals surface area contributed by atoms with Crippen LogP contribution >= 0.6 is 11.8 Å². The Kier molecular flexibility index (Phi) is 10.7. The molecule has 1 spiro atoms. The van der Waals surface area contributed by atoms with E-state index in [9.17, 15) is 10.2 Å². The molecule has 0 unspecified atom stereocenters. The molecule has 2 N–H and O–H groups in total. The maximum atomic E-state index is 13.5. The van der Waals surface area contributed by atoms with Crippen molar-refractivity contribution in [3.8, 4) is 22.6 Å². The maximum Gasteiger partial charge on any atom is 0.141 e. The van der Waals surface area contributed by atoms with Crippen molar-refractivity contribution in [2.75, 3.05) is 37.8 Å². The average molecular weight is 813 g/mol. The Morgan fingerprint density at radius 3 is 1.16 bits per heavy atom. The molecule has 3 heterocycles. The van der Waals surface area contributed by atoms with Crippen molar-refractivity contribution in [1.29, 1.82) is 0 Å². The van der Waals surface area contributed by atoms with Gasteiger partial charge in [0, 0.05) is 44.9 Å². The predicted octanol–water partition coefficient (Wildman–Crippen LogP) is 6.05. The maximum absolute atomic E-state index is 13.5. The summed E-state index contributed by atoms with van der Waals surface area (Å²) in [6.45, 7) is 4.46. The smallest absolute Gasteiger partial charge is 0.141 e. The molecule has 9 rings (SSSR count). The highest BCUT2D eigenvalue weighted by atomic mass is 79.9. The molecule has 5 nitrogen and oxygen atoms in total. The highest BCUT2D eigenvalue weighted by Crippen LogP contribution is 2.54. The third-order valence-corrected chi connectivity index (χ3v) is 12.7. The quantitative estimate of drug-likeness (QED) is 0.159. The van der Waals surface area contributed by atoms with Crippen LogP contribution < -0.4 is 26.5 Å². The van der Waals surface area contributed by atoms with E-state index in [1.807, 2.05) is 133 Å². The second kappa shape index (κ2) is 15.6. The van der Waals surface area contributed by atoms with Crippen LogP contribution in [-0.4, -0.2) is 52.5 Å². The third kappa shape index (κ3) is 6.60. The Balaban J connectivity index is 0.00000427. The summed E-state index contributed by atoms with van der Waals surface area (Å²) in [4.78, 5) is 0. The molecule has 0 atom stereocenters. The lowest BCUT2D eigenvalue weighted by Gasteiger charge is -2.43. The van der Waals surface area contributed by atoms with Crippen molar-refractivity contribution in [2.24, 2.45) is 0 Å². The Labute approximate surface area is 338 Å².